The van der Waals surface area contributed by atoms with Crippen molar-refractivity contribution in [1.82, 2.24) is 4.98 Å². The third kappa shape index (κ3) is 3.98. The topological polar surface area (TPSA) is 12.9 Å². The highest BCUT2D eigenvalue weighted by Crippen LogP contribution is 2.38. The van der Waals surface area contributed by atoms with Crippen molar-refractivity contribution in [2.75, 3.05) is 0 Å². The van der Waals surface area contributed by atoms with Crippen LogP contribution >= 0.6 is 11.8 Å². The van der Waals surface area contributed by atoms with E-state index in [1.165, 1.54) is 0 Å². The molecule has 0 unspecified atom stereocenters. The standard InChI is InChI=1S/C7H2F6NS/c8-6(9,10)4-1-5(3-14-2-4)15-7(11,12)13/h1,3H. The van der Waals surface area contributed by atoms with E-state index >= 15 is 0 Å². The first-order chi connectivity index (χ1) is 6.68. The molecule has 1 heterocycles. The molecule has 0 N–H and O–H groups in total. The molecule has 0 spiro atoms. The summed E-state index contributed by atoms with van der Waals surface area (Å²) < 4.78 is 71.6. The molecule has 0 aliphatic rings. The van der Waals surface area contributed by atoms with Crippen molar-refractivity contribution in [1.29, 1.82) is 0 Å². The van der Waals surface area contributed by atoms with E-state index in [0.29, 0.717) is 12.3 Å². The van der Waals surface area contributed by atoms with Gasteiger partial charge >= 0.3 is 11.7 Å². The predicted octanol–water partition coefficient (Wildman–Crippen LogP) is 3.51. The van der Waals surface area contributed by atoms with Gasteiger partial charge in [0, 0.05) is 11.1 Å². The van der Waals surface area contributed by atoms with E-state index in [1.54, 1.807) is 6.20 Å². The first-order valence-electron chi connectivity index (χ1n) is 3.39. The summed E-state index contributed by atoms with van der Waals surface area (Å²) in [5.74, 6) is 0. The van der Waals surface area contributed by atoms with Gasteiger partial charge in [-0.15, -0.1) is 0 Å². The molecule has 83 valence electrons. The maximum absolute atomic E-state index is 12.0. The Morgan fingerprint density at radius 2 is 1.73 bits per heavy atom. The number of hydrogen-bond acceptors (Lipinski definition) is 2. The van der Waals surface area contributed by atoms with Crippen LogP contribution in [0.5, 0.6) is 0 Å². The van der Waals surface area contributed by atoms with E-state index < -0.39 is 33.9 Å². The lowest BCUT2D eigenvalue weighted by atomic mass is 10.3. The number of rotatable bonds is 1. The third-order valence-electron chi connectivity index (χ3n) is 1.20. The molecule has 0 saturated carbocycles. The Balaban J connectivity index is 2.94. The fourth-order valence-electron chi connectivity index (χ4n) is 0.712. The maximum Gasteiger partial charge on any atom is 0.446 e. The number of halogens is 6. The summed E-state index contributed by atoms with van der Waals surface area (Å²) in [5.41, 5.74) is -5.96. The molecule has 1 rings (SSSR count). The Morgan fingerprint density at radius 1 is 1.13 bits per heavy atom. The summed E-state index contributed by atoms with van der Waals surface area (Å²) >= 11 is -0.651. The Hall–Kier alpha value is -0.920. The quantitative estimate of drug-likeness (QED) is 0.555. The van der Waals surface area contributed by atoms with E-state index in [2.05, 4.69) is 4.98 Å². The third-order valence-corrected chi connectivity index (χ3v) is 1.89. The van der Waals surface area contributed by atoms with Crippen LogP contribution in [0.15, 0.2) is 17.2 Å². The number of alkyl halides is 6. The highest BCUT2D eigenvalue weighted by molar-refractivity contribution is 8.00. The predicted molar refractivity (Wildman–Crippen MR) is 40.0 cm³/mol. The van der Waals surface area contributed by atoms with Crippen molar-refractivity contribution in [2.45, 2.75) is 16.6 Å². The first kappa shape index (κ1) is 12.2. The minimum atomic E-state index is -4.74. The maximum atomic E-state index is 12.0. The molecule has 0 amide bonds. The number of hydrogen-bond donors (Lipinski definition) is 0. The van der Waals surface area contributed by atoms with Gasteiger partial charge in [0.2, 0.25) is 0 Å². The summed E-state index contributed by atoms with van der Waals surface area (Å²) in [4.78, 5) is 2.35. The van der Waals surface area contributed by atoms with Crippen LogP contribution in [-0.4, -0.2) is 10.5 Å². The van der Waals surface area contributed by atoms with Crippen LogP contribution < -0.4 is 0 Å². The van der Waals surface area contributed by atoms with Crippen LogP contribution in [0.2, 0.25) is 0 Å². The van der Waals surface area contributed by atoms with Gasteiger partial charge in [0.1, 0.15) is 6.20 Å². The van der Waals surface area contributed by atoms with Crippen molar-refractivity contribution in [3.05, 3.63) is 24.0 Å². The van der Waals surface area contributed by atoms with Gasteiger partial charge in [-0.3, -0.25) is 4.98 Å². The van der Waals surface area contributed by atoms with Gasteiger partial charge in [0.25, 0.3) is 0 Å². The minimum absolute atomic E-state index is 0.352. The van der Waals surface area contributed by atoms with Crippen LogP contribution in [0.1, 0.15) is 5.56 Å². The first-order valence-corrected chi connectivity index (χ1v) is 4.21. The van der Waals surface area contributed by atoms with Crippen LogP contribution in [0.4, 0.5) is 26.3 Å². The van der Waals surface area contributed by atoms with Crippen molar-refractivity contribution >= 4 is 11.8 Å². The Morgan fingerprint density at radius 3 is 2.20 bits per heavy atom. The molecule has 1 aromatic heterocycles. The van der Waals surface area contributed by atoms with E-state index in [0.717, 1.165) is 0 Å². The molecule has 1 aromatic rings. The Bertz CT molecular complexity index is 344. The zero-order valence-corrected chi connectivity index (χ0v) is 7.59. The lowest BCUT2D eigenvalue weighted by molar-refractivity contribution is -0.138. The molecule has 0 atom stereocenters. The van der Waals surface area contributed by atoms with Crippen molar-refractivity contribution in [3.63, 3.8) is 0 Å². The molecule has 0 aromatic carbocycles. The summed E-state index contributed by atoms with van der Waals surface area (Å²) in [7, 11) is 0. The second-order valence-electron chi connectivity index (χ2n) is 2.38. The normalized spacial score (nSPS) is 12.9. The van der Waals surface area contributed by atoms with Gasteiger partial charge in [-0.05, 0) is 17.8 Å². The zero-order chi connectivity index (χ0) is 11.7. The Kier molecular flexibility index (Phi) is 3.17. The number of pyridine rings is 1. The smallest absolute Gasteiger partial charge is 0.253 e. The summed E-state index contributed by atoms with van der Waals surface area (Å²) in [6, 6.07) is 0.352. The largest absolute Gasteiger partial charge is 0.446 e. The lowest BCUT2D eigenvalue weighted by Crippen LogP contribution is -2.07. The van der Waals surface area contributed by atoms with Crippen LogP contribution in [0, 0.1) is 6.20 Å². The SMILES string of the molecule is FC(F)(F)Sc1cn[c]c(C(F)(F)F)c1. The van der Waals surface area contributed by atoms with Crippen LogP contribution in [-0.2, 0) is 6.18 Å². The fourth-order valence-corrected chi connectivity index (χ4v) is 1.26. The van der Waals surface area contributed by atoms with Gasteiger partial charge in [-0.1, -0.05) is 0 Å². The van der Waals surface area contributed by atoms with Crippen molar-refractivity contribution in [2.24, 2.45) is 0 Å². The van der Waals surface area contributed by atoms with E-state index in [1.807, 2.05) is 0 Å². The van der Waals surface area contributed by atoms with Crippen molar-refractivity contribution < 1.29 is 26.3 Å². The summed E-state index contributed by atoms with van der Waals surface area (Å²) in [6.07, 6.45) is -2.49. The molecule has 8 heteroatoms. The number of aromatic nitrogens is 1. The second-order valence-corrected chi connectivity index (χ2v) is 3.51. The average Bonchev–Trinajstić information content (AvgIpc) is 1.99. The van der Waals surface area contributed by atoms with Gasteiger partial charge in [-0.2, -0.15) is 26.3 Å². The second kappa shape index (κ2) is 3.92. The Labute approximate surface area is 84.5 Å². The molecular weight excluding hydrogens is 244 g/mol. The highest BCUT2D eigenvalue weighted by atomic mass is 32.2. The molecule has 0 aliphatic carbocycles. The van der Waals surface area contributed by atoms with E-state index in [4.69, 9.17) is 0 Å². The van der Waals surface area contributed by atoms with Gasteiger partial charge in [0.15, 0.2) is 0 Å². The zero-order valence-electron chi connectivity index (χ0n) is 6.78. The van der Waals surface area contributed by atoms with Gasteiger partial charge in [0.05, 0.1) is 5.56 Å². The molecule has 15 heavy (non-hydrogen) atoms. The van der Waals surface area contributed by atoms with Gasteiger partial charge < -0.3 is 0 Å². The number of thioether (sulfide) groups is 1. The summed E-state index contributed by atoms with van der Waals surface area (Å²) in [6.45, 7) is 0. The van der Waals surface area contributed by atoms with Crippen molar-refractivity contribution in [3.8, 4) is 0 Å². The fraction of sp³-hybridized carbons (Fsp3) is 0.286. The molecule has 0 saturated heterocycles. The minimum Gasteiger partial charge on any atom is -0.253 e. The van der Waals surface area contributed by atoms with Crippen LogP contribution in [0.3, 0.4) is 0 Å². The van der Waals surface area contributed by atoms with Gasteiger partial charge in [-0.25, -0.2) is 0 Å². The van der Waals surface area contributed by atoms with Crippen LogP contribution in [0.25, 0.3) is 0 Å². The molecule has 1 nitrogen and oxygen atoms in total. The summed E-state index contributed by atoms with van der Waals surface area (Å²) in [5, 5.41) is 0. The number of nitrogens with zero attached hydrogens (tertiary/aromatic N) is 1. The average molecular weight is 246 g/mol. The van der Waals surface area contributed by atoms with E-state index in [9.17, 15) is 26.3 Å². The van der Waals surface area contributed by atoms with E-state index in [-0.39, 0.29) is 0 Å². The lowest BCUT2D eigenvalue weighted by Gasteiger charge is -2.08. The molecule has 0 aliphatic heterocycles. The monoisotopic (exact) mass is 246 g/mol. The molecule has 0 fully saturated rings. The molecule has 0 bridgehead atoms. The highest BCUT2D eigenvalue weighted by Gasteiger charge is 2.34. The molecule has 1 radical (unpaired) electrons. The molecular formula is C7H2F6NS.